The number of allylic oxidation sites excluding steroid dienone is 14. The molecule has 0 aliphatic carbocycles. The minimum Gasteiger partial charge on any atom is -0.462 e. The third kappa shape index (κ3) is 35.8. The van der Waals surface area contributed by atoms with Gasteiger partial charge in [-0.15, -0.1) is 0 Å². The van der Waals surface area contributed by atoms with E-state index in [2.05, 4.69) is 92.8 Å². The monoisotopic (exact) mass is 653 g/mol. The quantitative estimate of drug-likeness (QED) is 0.0339. The highest BCUT2D eigenvalue weighted by Gasteiger charge is 2.16. The Morgan fingerprint density at radius 3 is 1.51 bits per heavy atom. The molecule has 0 aliphatic heterocycles. The first-order chi connectivity index (χ1) is 23.1. The maximum absolute atomic E-state index is 12.2. The molecule has 0 spiro atoms. The molecule has 0 rings (SSSR count). The predicted octanol–water partition coefficient (Wildman–Crippen LogP) is 11.6. The number of esters is 2. The van der Waals surface area contributed by atoms with Gasteiger partial charge in [-0.2, -0.15) is 0 Å². The summed E-state index contributed by atoms with van der Waals surface area (Å²) in [7, 11) is 0. The van der Waals surface area contributed by atoms with Crippen molar-refractivity contribution in [3.63, 3.8) is 0 Å². The Kier molecular flexibility index (Phi) is 35.2. The normalized spacial score (nSPS) is 13.2. The van der Waals surface area contributed by atoms with Crippen molar-refractivity contribution in [3.8, 4) is 0 Å². The average Bonchev–Trinajstić information content (AvgIpc) is 3.07. The van der Waals surface area contributed by atoms with Gasteiger partial charge in [-0.05, 0) is 70.6 Å². The van der Waals surface area contributed by atoms with Crippen molar-refractivity contribution in [1.29, 1.82) is 0 Å². The standard InChI is InChI=1S/C42H68O5/c1-3-5-7-9-11-13-15-17-18-19-20-21-22-23-25-27-29-31-33-35-37-42(45)47-40(38-43)39-46-41(44)36-34-32-30-28-26-24-16-14-12-10-8-6-4-2/h5-8,10-14,16-18,20-21,40,43H,3-4,9,15,19,22-39H2,1-2H3/b7-5+,8-6+,12-10+,13-11+,16-14+,18-17+,21-20+. The lowest BCUT2D eigenvalue weighted by atomic mass is 10.1. The number of hydrogen-bond donors (Lipinski definition) is 1. The largest absolute Gasteiger partial charge is 0.462 e. The van der Waals surface area contributed by atoms with Gasteiger partial charge in [0.25, 0.3) is 0 Å². The van der Waals surface area contributed by atoms with Crippen molar-refractivity contribution in [1.82, 2.24) is 0 Å². The van der Waals surface area contributed by atoms with Gasteiger partial charge in [-0.25, -0.2) is 0 Å². The maximum atomic E-state index is 12.2. The first-order valence-corrected chi connectivity index (χ1v) is 18.7. The molecule has 0 saturated carbocycles. The van der Waals surface area contributed by atoms with Crippen LogP contribution < -0.4 is 0 Å². The van der Waals surface area contributed by atoms with E-state index in [0.29, 0.717) is 12.8 Å². The van der Waals surface area contributed by atoms with Crippen molar-refractivity contribution >= 4 is 11.9 Å². The van der Waals surface area contributed by atoms with E-state index < -0.39 is 6.10 Å². The van der Waals surface area contributed by atoms with Crippen LogP contribution in [0, 0.1) is 0 Å². The van der Waals surface area contributed by atoms with Crippen molar-refractivity contribution in [2.24, 2.45) is 0 Å². The van der Waals surface area contributed by atoms with E-state index in [4.69, 9.17) is 9.47 Å². The van der Waals surface area contributed by atoms with Gasteiger partial charge in [0.05, 0.1) is 6.61 Å². The fraction of sp³-hybridized carbons (Fsp3) is 0.619. The van der Waals surface area contributed by atoms with E-state index in [-0.39, 0.29) is 25.2 Å². The third-order valence-corrected chi connectivity index (χ3v) is 7.50. The number of aliphatic hydroxyl groups is 1. The lowest BCUT2D eigenvalue weighted by Gasteiger charge is -2.15. The number of unbranched alkanes of at least 4 members (excludes halogenated alkanes) is 12. The molecule has 0 heterocycles. The highest BCUT2D eigenvalue weighted by atomic mass is 16.6. The second-order valence-corrected chi connectivity index (χ2v) is 11.9. The van der Waals surface area contributed by atoms with Gasteiger partial charge in [-0.3, -0.25) is 9.59 Å². The molecule has 0 saturated heterocycles. The molecule has 0 aromatic rings. The number of carbonyl (C=O) groups is 2. The Bertz CT molecular complexity index is 921. The lowest BCUT2D eigenvalue weighted by Crippen LogP contribution is -2.28. The third-order valence-electron chi connectivity index (χ3n) is 7.50. The summed E-state index contributed by atoms with van der Waals surface area (Å²) in [5.74, 6) is -0.637. The molecule has 0 fully saturated rings. The Balaban J connectivity index is 3.64. The highest BCUT2D eigenvalue weighted by molar-refractivity contribution is 5.70. The van der Waals surface area contributed by atoms with E-state index in [1.165, 1.54) is 25.7 Å². The SMILES string of the molecule is CC/C=C/C=C/C=C/CCCCCCCC(=O)OCC(CO)OC(=O)CCCCCCCCC/C=C/C/C=C/C/C=C/C/C=C/CC. The summed E-state index contributed by atoms with van der Waals surface area (Å²) < 4.78 is 10.6. The number of rotatable bonds is 32. The molecule has 1 N–H and O–H groups in total. The minimum absolute atomic E-state index is 0.0863. The molecule has 0 radical (unpaired) electrons. The van der Waals surface area contributed by atoms with E-state index in [0.717, 1.165) is 96.3 Å². The smallest absolute Gasteiger partial charge is 0.306 e. The highest BCUT2D eigenvalue weighted by Crippen LogP contribution is 2.12. The van der Waals surface area contributed by atoms with Crippen LogP contribution in [0.25, 0.3) is 0 Å². The molecule has 0 aromatic heterocycles. The van der Waals surface area contributed by atoms with Gasteiger partial charge in [0.15, 0.2) is 6.10 Å². The maximum Gasteiger partial charge on any atom is 0.306 e. The van der Waals surface area contributed by atoms with Gasteiger partial charge >= 0.3 is 11.9 Å². The zero-order chi connectivity index (χ0) is 34.3. The second kappa shape index (κ2) is 37.5. The van der Waals surface area contributed by atoms with Crippen LogP contribution in [0.2, 0.25) is 0 Å². The molecule has 0 amide bonds. The van der Waals surface area contributed by atoms with Crippen molar-refractivity contribution in [2.75, 3.05) is 13.2 Å². The molecular weight excluding hydrogens is 584 g/mol. The number of aliphatic hydroxyl groups excluding tert-OH is 1. The van der Waals surface area contributed by atoms with E-state index in [1.54, 1.807) is 0 Å². The summed E-state index contributed by atoms with van der Waals surface area (Å²) in [5.41, 5.74) is 0. The summed E-state index contributed by atoms with van der Waals surface area (Å²) in [5, 5.41) is 9.54. The first-order valence-electron chi connectivity index (χ1n) is 18.7. The molecule has 1 atom stereocenters. The summed E-state index contributed by atoms with van der Waals surface area (Å²) in [6.07, 6.45) is 50.7. The Hall–Kier alpha value is -2.92. The summed E-state index contributed by atoms with van der Waals surface area (Å²) >= 11 is 0. The molecule has 5 heteroatoms. The van der Waals surface area contributed by atoms with Crippen molar-refractivity contribution < 1.29 is 24.2 Å². The zero-order valence-electron chi connectivity index (χ0n) is 30.0. The minimum atomic E-state index is -0.790. The van der Waals surface area contributed by atoms with E-state index >= 15 is 0 Å². The van der Waals surface area contributed by atoms with Crippen LogP contribution in [-0.2, 0) is 19.1 Å². The van der Waals surface area contributed by atoms with Gasteiger partial charge in [0.2, 0.25) is 0 Å². The van der Waals surface area contributed by atoms with E-state index in [1.807, 2.05) is 6.08 Å². The molecule has 0 aliphatic rings. The van der Waals surface area contributed by atoms with Crippen LogP contribution in [-0.4, -0.2) is 36.4 Å². The van der Waals surface area contributed by atoms with Gasteiger partial charge in [0, 0.05) is 12.8 Å². The second-order valence-electron chi connectivity index (χ2n) is 11.9. The fourth-order valence-electron chi connectivity index (χ4n) is 4.72. The number of ether oxygens (including phenoxy) is 2. The molecule has 0 bridgehead atoms. The van der Waals surface area contributed by atoms with E-state index in [9.17, 15) is 14.7 Å². The molecule has 1 unspecified atom stereocenters. The van der Waals surface area contributed by atoms with Crippen molar-refractivity contribution in [3.05, 3.63) is 85.1 Å². The Morgan fingerprint density at radius 2 is 0.957 bits per heavy atom. The molecule has 0 aromatic carbocycles. The summed E-state index contributed by atoms with van der Waals surface area (Å²) in [6, 6.07) is 0. The van der Waals surface area contributed by atoms with Crippen LogP contribution in [0.1, 0.15) is 149 Å². The molecule has 266 valence electrons. The first kappa shape index (κ1) is 44.1. The number of carbonyl (C=O) groups excluding carboxylic acids is 2. The molecule has 47 heavy (non-hydrogen) atoms. The van der Waals surface area contributed by atoms with Crippen molar-refractivity contribution in [2.45, 2.75) is 155 Å². The summed E-state index contributed by atoms with van der Waals surface area (Å²) in [4.78, 5) is 24.2. The Labute approximate surface area is 288 Å². The molecular formula is C42H68O5. The zero-order valence-corrected chi connectivity index (χ0v) is 30.0. The van der Waals surface area contributed by atoms with Crippen LogP contribution in [0.5, 0.6) is 0 Å². The topological polar surface area (TPSA) is 72.8 Å². The van der Waals surface area contributed by atoms with Crippen LogP contribution >= 0.6 is 0 Å². The lowest BCUT2D eigenvalue weighted by molar-refractivity contribution is -0.161. The summed E-state index contributed by atoms with van der Waals surface area (Å²) in [6.45, 7) is 3.84. The fourth-order valence-corrected chi connectivity index (χ4v) is 4.72. The predicted molar refractivity (Wildman–Crippen MR) is 200 cm³/mol. The molecule has 5 nitrogen and oxygen atoms in total. The van der Waals surface area contributed by atoms with Crippen LogP contribution in [0.3, 0.4) is 0 Å². The van der Waals surface area contributed by atoms with Gasteiger partial charge in [0.1, 0.15) is 6.61 Å². The van der Waals surface area contributed by atoms with Gasteiger partial charge in [-0.1, -0.05) is 150 Å². The Morgan fingerprint density at radius 1 is 0.511 bits per heavy atom. The van der Waals surface area contributed by atoms with Crippen LogP contribution in [0.4, 0.5) is 0 Å². The average molecular weight is 653 g/mol. The number of hydrogen-bond acceptors (Lipinski definition) is 5. The van der Waals surface area contributed by atoms with Crippen LogP contribution in [0.15, 0.2) is 85.1 Å². The van der Waals surface area contributed by atoms with Gasteiger partial charge < -0.3 is 14.6 Å².